The van der Waals surface area contributed by atoms with Gasteiger partial charge in [-0.1, -0.05) is 17.4 Å². The summed E-state index contributed by atoms with van der Waals surface area (Å²) in [6.07, 6.45) is 2.65. The zero-order chi connectivity index (χ0) is 22.2. The molecular formula is C20H19N3O6S2. The van der Waals surface area contributed by atoms with Crippen molar-refractivity contribution in [2.24, 2.45) is 0 Å². The zero-order valence-corrected chi connectivity index (χ0v) is 18.2. The van der Waals surface area contributed by atoms with Crippen LogP contribution in [0.2, 0.25) is 0 Å². The van der Waals surface area contributed by atoms with Gasteiger partial charge in [0.15, 0.2) is 15.0 Å². The van der Waals surface area contributed by atoms with Gasteiger partial charge in [-0.05, 0) is 37.1 Å². The number of rotatable bonds is 6. The minimum Gasteiger partial charge on any atom is -0.376 e. The molecule has 1 aliphatic rings. The molecular weight excluding hydrogens is 442 g/mol. The third-order valence-electron chi connectivity index (χ3n) is 4.97. The molecule has 31 heavy (non-hydrogen) atoms. The Labute approximate surface area is 182 Å². The van der Waals surface area contributed by atoms with Crippen LogP contribution in [0.15, 0.2) is 47.4 Å². The minimum atomic E-state index is -3.38. The normalized spacial score (nSPS) is 16.5. The second-order valence-corrected chi connectivity index (χ2v) is 10.3. The molecule has 11 heteroatoms. The smallest absolute Gasteiger partial charge is 0.270 e. The highest BCUT2D eigenvalue weighted by atomic mass is 32.2. The van der Waals surface area contributed by atoms with Crippen molar-refractivity contribution in [2.75, 3.05) is 24.3 Å². The first-order valence-corrected chi connectivity index (χ1v) is 12.2. The summed E-state index contributed by atoms with van der Waals surface area (Å²) in [5.74, 6) is -0.429. The maximum atomic E-state index is 13.3. The summed E-state index contributed by atoms with van der Waals surface area (Å²) in [6, 6.07) is 10.2. The van der Waals surface area contributed by atoms with E-state index in [0.717, 1.165) is 19.1 Å². The Bertz CT molecular complexity index is 1260. The number of ether oxygens (including phenoxy) is 1. The van der Waals surface area contributed by atoms with Gasteiger partial charge in [-0.3, -0.25) is 19.8 Å². The molecule has 0 spiro atoms. The number of nitro benzene ring substituents is 1. The molecule has 0 radical (unpaired) electrons. The van der Waals surface area contributed by atoms with Gasteiger partial charge >= 0.3 is 0 Å². The number of non-ortho nitro benzene ring substituents is 1. The molecule has 0 aliphatic carbocycles. The number of aromatic nitrogens is 1. The summed E-state index contributed by atoms with van der Waals surface area (Å²) in [4.78, 5) is 30.1. The lowest BCUT2D eigenvalue weighted by atomic mass is 10.1. The number of nitro groups is 1. The fourth-order valence-corrected chi connectivity index (χ4v) is 5.12. The molecule has 1 unspecified atom stereocenters. The monoisotopic (exact) mass is 461 g/mol. The number of nitrogens with zero attached hydrogens (tertiary/aromatic N) is 3. The van der Waals surface area contributed by atoms with Gasteiger partial charge in [-0.2, -0.15) is 0 Å². The van der Waals surface area contributed by atoms with Gasteiger partial charge in [0.1, 0.15) is 0 Å². The van der Waals surface area contributed by atoms with E-state index in [2.05, 4.69) is 4.98 Å². The van der Waals surface area contributed by atoms with Crippen LogP contribution in [-0.4, -0.2) is 49.7 Å². The van der Waals surface area contributed by atoms with Crippen LogP contribution in [0.4, 0.5) is 10.8 Å². The third kappa shape index (κ3) is 4.58. The molecule has 0 saturated carbocycles. The zero-order valence-electron chi connectivity index (χ0n) is 16.6. The molecule has 162 valence electrons. The molecule has 1 saturated heterocycles. The molecule has 1 aliphatic heterocycles. The molecule has 1 amide bonds. The van der Waals surface area contributed by atoms with Crippen molar-refractivity contribution < 1.29 is 22.9 Å². The Kier molecular flexibility index (Phi) is 5.73. The Morgan fingerprint density at radius 3 is 2.81 bits per heavy atom. The van der Waals surface area contributed by atoms with Crippen molar-refractivity contribution in [2.45, 2.75) is 23.8 Å². The van der Waals surface area contributed by atoms with E-state index < -0.39 is 20.7 Å². The number of sulfone groups is 1. The molecule has 1 aromatic heterocycles. The average Bonchev–Trinajstić information content (AvgIpc) is 3.39. The second-order valence-electron chi connectivity index (χ2n) is 7.26. The lowest BCUT2D eigenvalue weighted by Gasteiger charge is -2.23. The Morgan fingerprint density at radius 1 is 1.32 bits per heavy atom. The Balaban J connectivity index is 1.75. The van der Waals surface area contributed by atoms with Gasteiger partial charge < -0.3 is 4.74 Å². The first-order valence-electron chi connectivity index (χ1n) is 9.51. The van der Waals surface area contributed by atoms with Gasteiger partial charge in [-0.15, -0.1) is 0 Å². The minimum absolute atomic E-state index is 0.166. The highest BCUT2D eigenvalue weighted by Crippen LogP contribution is 2.32. The van der Waals surface area contributed by atoms with E-state index in [9.17, 15) is 23.3 Å². The first-order chi connectivity index (χ1) is 14.7. The van der Waals surface area contributed by atoms with E-state index in [4.69, 9.17) is 4.74 Å². The molecule has 2 aromatic carbocycles. The third-order valence-corrected chi connectivity index (χ3v) is 7.12. The maximum absolute atomic E-state index is 13.3. The topological polar surface area (TPSA) is 120 Å². The predicted octanol–water partition coefficient (Wildman–Crippen LogP) is 3.43. The van der Waals surface area contributed by atoms with Crippen molar-refractivity contribution >= 4 is 48.1 Å². The van der Waals surface area contributed by atoms with Gasteiger partial charge in [-0.25, -0.2) is 13.4 Å². The van der Waals surface area contributed by atoms with E-state index in [1.165, 1.54) is 52.6 Å². The molecule has 9 nitrogen and oxygen atoms in total. The lowest BCUT2D eigenvalue weighted by Crippen LogP contribution is -2.37. The Hall–Kier alpha value is -2.89. The summed E-state index contributed by atoms with van der Waals surface area (Å²) in [6.45, 7) is 0.862. The van der Waals surface area contributed by atoms with Crippen LogP contribution in [-0.2, 0) is 14.6 Å². The van der Waals surface area contributed by atoms with Crippen molar-refractivity contribution in [3.05, 3.63) is 58.1 Å². The van der Waals surface area contributed by atoms with E-state index in [0.29, 0.717) is 22.0 Å². The fourth-order valence-electron chi connectivity index (χ4n) is 3.39. The number of benzene rings is 2. The number of hydrogen-bond donors (Lipinski definition) is 0. The molecule has 0 N–H and O–H groups in total. The summed E-state index contributed by atoms with van der Waals surface area (Å²) in [7, 11) is -3.38. The molecule has 3 aromatic rings. The van der Waals surface area contributed by atoms with Crippen LogP contribution < -0.4 is 4.90 Å². The quantitative estimate of drug-likeness (QED) is 0.407. The van der Waals surface area contributed by atoms with Crippen LogP contribution in [0.5, 0.6) is 0 Å². The summed E-state index contributed by atoms with van der Waals surface area (Å²) in [5.41, 5.74) is 0.560. The standard InChI is InChI=1S/C20H19N3O6S2/c1-31(27,28)16-7-8-17-18(11-16)30-20(21-17)22(12-15-6-3-9-29-15)19(24)13-4-2-5-14(10-13)23(25)26/h2,4-5,7-8,10-11,15H,3,6,9,12H2,1H3. The number of carbonyl (C=O) groups is 1. The van der Waals surface area contributed by atoms with Crippen molar-refractivity contribution in [3.8, 4) is 0 Å². The SMILES string of the molecule is CS(=O)(=O)c1ccc2nc(N(CC3CCCO3)C(=O)c3cccc([N+](=O)[O-])c3)sc2c1. The van der Waals surface area contributed by atoms with Crippen LogP contribution in [0.25, 0.3) is 10.2 Å². The van der Waals surface area contributed by atoms with E-state index in [-0.39, 0.29) is 28.8 Å². The van der Waals surface area contributed by atoms with Crippen molar-refractivity contribution in [1.82, 2.24) is 4.98 Å². The van der Waals surface area contributed by atoms with Gasteiger partial charge in [0.25, 0.3) is 11.6 Å². The highest BCUT2D eigenvalue weighted by molar-refractivity contribution is 7.90. The van der Waals surface area contributed by atoms with Gasteiger partial charge in [0.05, 0.1) is 32.7 Å². The van der Waals surface area contributed by atoms with E-state index in [1.54, 1.807) is 6.07 Å². The number of amides is 1. The number of thiazole rings is 1. The number of anilines is 1. The second kappa shape index (κ2) is 8.33. The molecule has 1 atom stereocenters. The predicted molar refractivity (Wildman–Crippen MR) is 116 cm³/mol. The number of hydrogen-bond acceptors (Lipinski definition) is 8. The fraction of sp³-hybridized carbons (Fsp3) is 0.300. The number of fused-ring (bicyclic) bond motifs is 1. The summed E-state index contributed by atoms with van der Waals surface area (Å²) < 4.78 is 30.1. The molecule has 4 rings (SSSR count). The van der Waals surface area contributed by atoms with E-state index in [1.807, 2.05) is 0 Å². The first kappa shape index (κ1) is 21.3. The van der Waals surface area contributed by atoms with Crippen LogP contribution in [0.1, 0.15) is 23.2 Å². The molecule has 2 heterocycles. The van der Waals surface area contributed by atoms with Crippen LogP contribution in [0.3, 0.4) is 0 Å². The highest BCUT2D eigenvalue weighted by Gasteiger charge is 2.28. The van der Waals surface area contributed by atoms with Gasteiger partial charge in [0.2, 0.25) is 0 Å². The molecule has 0 bridgehead atoms. The maximum Gasteiger partial charge on any atom is 0.270 e. The summed E-state index contributed by atoms with van der Waals surface area (Å²) >= 11 is 1.19. The van der Waals surface area contributed by atoms with Crippen LogP contribution in [0, 0.1) is 10.1 Å². The lowest BCUT2D eigenvalue weighted by molar-refractivity contribution is -0.384. The van der Waals surface area contributed by atoms with E-state index >= 15 is 0 Å². The average molecular weight is 462 g/mol. The summed E-state index contributed by atoms with van der Waals surface area (Å²) in [5, 5.41) is 11.5. The number of carbonyl (C=O) groups excluding carboxylic acids is 1. The van der Waals surface area contributed by atoms with Crippen molar-refractivity contribution in [1.29, 1.82) is 0 Å². The van der Waals surface area contributed by atoms with Crippen LogP contribution >= 0.6 is 11.3 Å². The molecule has 1 fully saturated rings. The largest absolute Gasteiger partial charge is 0.376 e. The Morgan fingerprint density at radius 2 is 2.13 bits per heavy atom. The van der Waals surface area contributed by atoms with Crippen molar-refractivity contribution in [3.63, 3.8) is 0 Å². The van der Waals surface area contributed by atoms with Gasteiger partial charge in [0, 0.05) is 30.6 Å².